The third-order valence-electron chi connectivity index (χ3n) is 5.84. The van der Waals surface area contributed by atoms with Gasteiger partial charge in [-0.05, 0) is 37.6 Å². The Kier molecular flexibility index (Phi) is 4.41. The number of hydrogen-bond donors (Lipinski definition) is 0. The van der Waals surface area contributed by atoms with E-state index in [1.54, 1.807) is 6.20 Å². The first-order valence-electron chi connectivity index (χ1n) is 9.84. The Morgan fingerprint density at radius 1 is 1.18 bits per heavy atom. The van der Waals surface area contributed by atoms with Gasteiger partial charge in [-0.1, -0.05) is 29.8 Å². The standard InChI is InChI=1S/C23H24N4O/c1-17-4-2-5-18(10-17)13-27-9-7-23(15-27)16-28-14-20-12-25-22(26-21(20)23)19-6-3-8-24-11-19/h2-6,8,10-12H,7,9,13-16H2,1H3. The highest BCUT2D eigenvalue weighted by Crippen LogP contribution is 2.40. The molecule has 2 aliphatic rings. The minimum Gasteiger partial charge on any atom is -0.376 e. The van der Waals surface area contributed by atoms with Crippen LogP contribution in [0.25, 0.3) is 11.4 Å². The zero-order valence-electron chi connectivity index (χ0n) is 16.1. The van der Waals surface area contributed by atoms with Crippen molar-refractivity contribution < 1.29 is 4.74 Å². The molecular formula is C23H24N4O. The Balaban J connectivity index is 1.44. The summed E-state index contributed by atoms with van der Waals surface area (Å²) in [6, 6.07) is 12.7. The highest BCUT2D eigenvalue weighted by molar-refractivity contribution is 5.54. The number of aryl methyl sites for hydroxylation is 1. The number of hydrogen-bond acceptors (Lipinski definition) is 5. The van der Waals surface area contributed by atoms with E-state index in [1.165, 1.54) is 16.8 Å². The lowest BCUT2D eigenvalue weighted by atomic mass is 9.80. The first-order valence-corrected chi connectivity index (χ1v) is 9.84. The summed E-state index contributed by atoms with van der Waals surface area (Å²) in [7, 11) is 0. The monoisotopic (exact) mass is 372 g/mol. The fourth-order valence-corrected chi connectivity index (χ4v) is 4.50. The maximum absolute atomic E-state index is 5.98. The molecule has 2 aromatic heterocycles. The van der Waals surface area contributed by atoms with Crippen LogP contribution in [-0.2, 0) is 23.3 Å². The van der Waals surface area contributed by atoms with Crippen molar-refractivity contribution in [1.82, 2.24) is 19.9 Å². The van der Waals surface area contributed by atoms with Crippen molar-refractivity contribution in [3.8, 4) is 11.4 Å². The second-order valence-electron chi connectivity index (χ2n) is 8.03. The largest absolute Gasteiger partial charge is 0.376 e. The Hall–Kier alpha value is -2.63. The SMILES string of the molecule is Cc1cccc(CN2CCC3(COCc4cnc(-c5cccnc5)nc43)C2)c1. The van der Waals surface area contributed by atoms with Gasteiger partial charge in [0.05, 0.1) is 24.3 Å². The fraction of sp³-hybridized carbons (Fsp3) is 0.348. The lowest BCUT2D eigenvalue weighted by molar-refractivity contribution is 0.0503. The number of rotatable bonds is 3. The van der Waals surface area contributed by atoms with Crippen molar-refractivity contribution >= 4 is 0 Å². The van der Waals surface area contributed by atoms with Crippen molar-refractivity contribution in [2.24, 2.45) is 0 Å². The third kappa shape index (κ3) is 3.21. The molecule has 1 atom stereocenters. The second-order valence-corrected chi connectivity index (χ2v) is 8.03. The third-order valence-corrected chi connectivity index (χ3v) is 5.84. The number of likely N-dealkylation sites (tertiary alicyclic amines) is 1. The summed E-state index contributed by atoms with van der Waals surface area (Å²) in [6.07, 6.45) is 6.61. The van der Waals surface area contributed by atoms with Gasteiger partial charge in [-0.3, -0.25) is 9.88 Å². The van der Waals surface area contributed by atoms with Crippen LogP contribution in [0.15, 0.2) is 55.0 Å². The van der Waals surface area contributed by atoms with E-state index in [2.05, 4.69) is 46.1 Å². The molecule has 28 heavy (non-hydrogen) atoms. The van der Waals surface area contributed by atoms with Gasteiger partial charge in [-0.15, -0.1) is 0 Å². The number of nitrogens with zero attached hydrogens (tertiary/aromatic N) is 4. The highest BCUT2D eigenvalue weighted by atomic mass is 16.5. The van der Waals surface area contributed by atoms with E-state index < -0.39 is 0 Å². The van der Waals surface area contributed by atoms with Crippen LogP contribution in [0.4, 0.5) is 0 Å². The fourth-order valence-electron chi connectivity index (χ4n) is 4.50. The number of fused-ring (bicyclic) bond motifs is 2. The van der Waals surface area contributed by atoms with Gasteiger partial charge in [0.2, 0.25) is 0 Å². The summed E-state index contributed by atoms with van der Waals surface area (Å²) >= 11 is 0. The molecule has 0 saturated carbocycles. The number of pyridine rings is 1. The molecule has 5 nitrogen and oxygen atoms in total. The van der Waals surface area contributed by atoms with Crippen LogP contribution in [0.1, 0.15) is 28.8 Å². The lowest BCUT2D eigenvalue weighted by Gasteiger charge is -2.34. The van der Waals surface area contributed by atoms with E-state index in [0.717, 1.165) is 49.6 Å². The molecule has 0 aliphatic carbocycles. The zero-order chi connectivity index (χ0) is 19.0. The molecule has 0 amide bonds. The Morgan fingerprint density at radius 3 is 3.00 bits per heavy atom. The van der Waals surface area contributed by atoms with Gasteiger partial charge < -0.3 is 4.74 Å². The van der Waals surface area contributed by atoms with Crippen LogP contribution in [0.2, 0.25) is 0 Å². The summed E-state index contributed by atoms with van der Waals surface area (Å²) in [5.41, 5.74) is 5.88. The first-order chi connectivity index (χ1) is 13.7. The second kappa shape index (κ2) is 7.08. The smallest absolute Gasteiger partial charge is 0.160 e. The van der Waals surface area contributed by atoms with E-state index in [-0.39, 0.29) is 5.41 Å². The summed E-state index contributed by atoms with van der Waals surface area (Å²) in [5.74, 6) is 0.755. The normalized spacial score (nSPS) is 21.8. The average Bonchev–Trinajstić information content (AvgIpc) is 3.12. The molecule has 3 aromatic rings. The maximum atomic E-state index is 5.98. The van der Waals surface area contributed by atoms with Crippen molar-refractivity contribution in [2.75, 3.05) is 19.7 Å². The number of benzene rings is 1. The van der Waals surface area contributed by atoms with Gasteiger partial charge in [0.15, 0.2) is 5.82 Å². The predicted molar refractivity (Wildman–Crippen MR) is 108 cm³/mol. The Labute approximate surface area is 165 Å². The van der Waals surface area contributed by atoms with E-state index in [0.29, 0.717) is 6.61 Å². The van der Waals surface area contributed by atoms with Gasteiger partial charge in [0, 0.05) is 42.8 Å². The molecule has 1 unspecified atom stereocenters. The summed E-state index contributed by atoms with van der Waals surface area (Å²) in [4.78, 5) is 16.3. The van der Waals surface area contributed by atoms with E-state index >= 15 is 0 Å². The van der Waals surface area contributed by atoms with Crippen molar-refractivity contribution in [2.45, 2.75) is 31.9 Å². The molecule has 1 aromatic carbocycles. The minimum absolute atomic E-state index is 0.0443. The molecule has 0 N–H and O–H groups in total. The van der Waals surface area contributed by atoms with E-state index in [1.807, 2.05) is 24.5 Å². The first kappa shape index (κ1) is 17.5. The van der Waals surface area contributed by atoms with Crippen molar-refractivity contribution in [1.29, 1.82) is 0 Å². The lowest BCUT2D eigenvalue weighted by Crippen LogP contribution is -2.40. The average molecular weight is 372 g/mol. The molecule has 1 saturated heterocycles. The number of ether oxygens (including phenoxy) is 1. The Bertz CT molecular complexity index is 991. The van der Waals surface area contributed by atoms with Gasteiger partial charge in [0.1, 0.15) is 0 Å². The Morgan fingerprint density at radius 2 is 2.14 bits per heavy atom. The van der Waals surface area contributed by atoms with Crippen LogP contribution in [0, 0.1) is 6.92 Å². The van der Waals surface area contributed by atoms with Crippen LogP contribution in [0.3, 0.4) is 0 Å². The molecule has 0 bridgehead atoms. The van der Waals surface area contributed by atoms with E-state index in [4.69, 9.17) is 9.72 Å². The highest BCUT2D eigenvalue weighted by Gasteiger charge is 2.44. The molecule has 4 heterocycles. The molecule has 142 valence electrons. The molecule has 2 aliphatic heterocycles. The van der Waals surface area contributed by atoms with Crippen molar-refractivity contribution in [3.05, 3.63) is 77.4 Å². The summed E-state index contributed by atoms with van der Waals surface area (Å²) in [5, 5.41) is 0. The van der Waals surface area contributed by atoms with Gasteiger partial charge >= 0.3 is 0 Å². The van der Waals surface area contributed by atoms with Crippen molar-refractivity contribution in [3.63, 3.8) is 0 Å². The van der Waals surface area contributed by atoms with Gasteiger partial charge in [-0.25, -0.2) is 9.97 Å². The summed E-state index contributed by atoms with van der Waals surface area (Å²) < 4.78 is 5.98. The molecule has 1 spiro atoms. The molecular weight excluding hydrogens is 348 g/mol. The summed E-state index contributed by atoms with van der Waals surface area (Å²) in [6.45, 7) is 6.48. The van der Waals surface area contributed by atoms with Gasteiger partial charge in [-0.2, -0.15) is 0 Å². The van der Waals surface area contributed by atoms with Crippen LogP contribution in [-0.4, -0.2) is 39.5 Å². The minimum atomic E-state index is -0.0443. The topological polar surface area (TPSA) is 51.1 Å². The quantitative estimate of drug-likeness (QED) is 0.704. The molecule has 1 fully saturated rings. The molecule has 5 heteroatoms. The van der Waals surface area contributed by atoms with E-state index in [9.17, 15) is 0 Å². The zero-order valence-corrected chi connectivity index (χ0v) is 16.1. The molecule has 0 radical (unpaired) electrons. The predicted octanol–water partition coefficient (Wildman–Crippen LogP) is 3.52. The van der Waals surface area contributed by atoms with Crippen LogP contribution >= 0.6 is 0 Å². The van der Waals surface area contributed by atoms with Crippen LogP contribution in [0.5, 0.6) is 0 Å². The number of aromatic nitrogens is 3. The van der Waals surface area contributed by atoms with Crippen LogP contribution < -0.4 is 0 Å². The molecule has 5 rings (SSSR count). The van der Waals surface area contributed by atoms with Gasteiger partial charge in [0.25, 0.3) is 0 Å². The maximum Gasteiger partial charge on any atom is 0.160 e.